The summed E-state index contributed by atoms with van der Waals surface area (Å²) in [6, 6.07) is 9.97. The summed E-state index contributed by atoms with van der Waals surface area (Å²) in [7, 11) is 0. The van der Waals surface area contributed by atoms with Gasteiger partial charge in [-0.25, -0.2) is 0 Å². The van der Waals surface area contributed by atoms with Crippen LogP contribution in [-0.2, 0) is 4.79 Å². The fourth-order valence-corrected chi connectivity index (χ4v) is 2.75. The van der Waals surface area contributed by atoms with Crippen LogP contribution in [0.25, 0.3) is 0 Å². The highest BCUT2D eigenvalue weighted by molar-refractivity contribution is 6.18. The van der Waals surface area contributed by atoms with Gasteiger partial charge in [-0.05, 0) is 11.5 Å². The first kappa shape index (κ1) is 17.3. The molecule has 0 bridgehead atoms. The number of nitrogens with zero attached hydrogens (tertiary/aromatic N) is 1. The zero-order valence-corrected chi connectivity index (χ0v) is 13.7. The molecule has 0 aliphatic rings. The van der Waals surface area contributed by atoms with Crippen molar-refractivity contribution >= 4 is 29.1 Å². The number of rotatable bonds is 8. The first-order chi connectivity index (χ1) is 9.65. The van der Waals surface area contributed by atoms with Crippen molar-refractivity contribution < 1.29 is 4.79 Å². The highest BCUT2D eigenvalue weighted by atomic mass is 35.5. The van der Waals surface area contributed by atoms with E-state index < -0.39 is 0 Å². The van der Waals surface area contributed by atoms with Gasteiger partial charge in [-0.15, -0.1) is 23.2 Å². The van der Waals surface area contributed by atoms with Gasteiger partial charge >= 0.3 is 0 Å². The van der Waals surface area contributed by atoms with Crippen molar-refractivity contribution in [1.82, 2.24) is 4.90 Å². The van der Waals surface area contributed by atoms with Gasteiger partial charge in [0, 0.05) is 24.8 Å². The van der Waals surface area contributed by atoms with E-state index in [-0.39, 0.29) is 17.7 Å². The fraction of sp³-hybridized carbons (Fsp3) is 0.562. The van der Waals surface area contributed by atoms with E-state index in [1.807, 2.05) is 30.3 Å². The molecule has 0 fully saturated rings. The first-order valence-electron chi connectivity index (χ1n) is 7.11. The molecule has 0 N–H and O–H groups in total. The van der Waals surface area contributed by atoms with Crippen molar-refractivity contribution in [3.63, 3.8) is 0 Å². The lowest BCUT2D eigenvalue weighted by atomic mass is 9.84. The number of benzene rings is 1. The molecule has 0 aliphatic carbocycles. The van der Waals surface area contributed by atoms with Gasteiger partial charge in [-0.2, -0.15) is 0 Å². The lowest BCUT2D eigenvalue weighted by Gasteiger charge is -2.29. The maximum Gasteiger partial charge on any atom is 0.230 e. The Hall–Kier alpha value is -0.730. The minimum Gasteiger partial charge on any atom is -0.340 e. The summed E-state index contributed by atoms with van der Waals surface area (Å²) in [5, 5.41) is 0. The van der Waals surface area contributed by atoms with Crippen LogP contribution >= 0.6 is 23.2 Å². The van der Waals surface area contributed by atoms with E-state index in [0.717, 1.165) is 12.0 Å². The molecule has 1 aromatic carbocycles. The summed E-state index contributed by atoms with van der Waals surface area (Å²) in [6.07, 6.45) is 0.959. The van der Waals surface area contributed by atoms with Crippen LogP contribution in [0.15, 0.2) is 30.3 Å². The van der Waals surface area contributed by atoms with E-state index in [0.29, 0.717) is 24.8 Å². The van der Waals surface area contributed by atoms with Crippen LogP contribution in [0.1, 0.15) is 31.7 Å². The predicted molar refractivity (Wildman–Crippen MR) is 86.7 cm³/mol. The van der Waals surface area contributed by atoms with E-state index in [9.17, 15) is 4.79 Å². The molecule has 0 radical (unpaired) electrons. The molecule has 0 saturated heterocycles. The summed E-state index contributed by atoms with van der Waals surface area (Å²) < 4.78 is 0. The topological polar surface area (TPSA) is 20.3 Å². The van der Waals surface area contributed by atoms with Crippen molar-refractivity contribution in [2.45, 2.75) is 26.2 Å². The Morgan fingerprint density at radius 2 is 1.70 bits per heavy atom. The Bertz CT molecular complexity index is 391. The highest BCUT2D eigenvalue weighted by Crippen LogP contribution is 2.29. The molecule has 2 atom stereocenters. The second kappa shape index (κ2) is 9.25. The van der Waals surface area contributed by atoms with E-state index in [1.165, 1.54) is 0 Å². The predicted octanol–water partition coefficient (Wildman–Crippen LogP) is 4.12. The van der Waals surface area contributed by atoms with Crippen LogP contribution in [0.4, 0.5) is 0 Å². The molecule has 0 aliphatic heterocycles. The first-order valence-corrected chi connectivity index (χ1v) is 8.18. The molecule has 0 heterocycles. The third kappa shape index (κ3) is 4.68. The smallest absolute Gasteiger partial charge is 0.230 e. The number of carbonyl (C=O) groups is 1. The molecule has 0 saturated carbocycles. The van der Waals surface area contributed by atoms with Crippen LogP contribution < -0.4 is 0 Å². The fourth-order valence-electron chi connectivity index (χ4n) is 2.34. The largest absolute Gasteiger partial charge is 0.340 e. The molecule has 20 heavy (non-hydrogen) atoms. The van der Waals surface area contributed by atoms with Crippen molar-refractivity contribution in [2.75, 3.05) is 24.8 Å². The van der Waals surface area contributed by atoms with Crippen LogP contribution in [0.3, 0.4) is 0 Å². The van der Waals surface area contributed by atoms with E-state index in [1.54, 1.807) is 4.90 Å². The maximum atomic E-state index is 12.8. The van der Waals surface area contributed by atoms with Crippen LogP contribution in [0, 0.1) is 5.92 Å². The van der Waals surface area contributed by atoms with Gasteiger partial charge < -0.3 is 4.90 Å². The van der Waals surface area contributed by atoms with Crippen LogP contribution in [-0.4, -0.2) is 35.7 Å². The zero-order chi connectivity index (χ0) is 15.0. The van der Waals surface area contributed by atoms with Gasteiger partial charge in [0.1, 0.15) is 0 Å². The zero-order valence-electron chi connectivity index (χ0n) is 12.2. The summed E-state index contributed by atoms with van der Waals surface area (Å²) >= 11 is 11.6. The number of halogens is 2. The highest BCUT2D eigenvalue weighted by Gasteiger charge is 2.29. The molecule has 4 heteroatoms. The van der Waals surface area contributed by atoms with E-state index in [4.69, 9.17) is 23.2 Å². The molecule has 1 amide bonds. The Labute approximate surface area is 132 Å². The minimum atomic E-state index is -0.118. The standard InChI is InChI=1S/C16H23Cl2NO/c1-3-13(2)15(14-7-5-4-6-8-14)16(20)19(11-9-17)12-10-18/h4-8,13,15H,3,9-12H2,1-2H3. The van der Waals surface area contributed by atoms with Crippen molar-refractivity contribution in [3.05, 3.63) is 35.9 Å². The van der Waals surface area contributed by atoms with Crippen molar-refractivity contribution in [1.29, 1.82) is 0 Å². The Kier molecular flexibility index (Phi) is 8.01. The number of amides is 1. The average molecular weight is 316 g/mol. The summed E-state index contributed by atoms with van der Waals surface area (Å²) in [5.74, 6) is 1.17. The SMILES string of the molecule is CCC(C)C(C(=O)N(CCCl)CCCl)c1ccccc1. The lowest BCUT2D eigenvalue weighted by molar-refractivity contribution is -0.133. The summed E-state index contributed by atoms with van der Waals surface area (Å²) in [4.78, 5) is 14.6. The van der Waals surface area contributed by atoms with Gasteiger partial charge in [0.2, 0.25) is 5.91 Å². The molecule has 112 valence electrons. The molecular formula is C16H23Cl2NO. The second-order valence-corrected chi connectivity index (χ2v) is 5.73. The lowest BCUT2D eigenvalue weighted by Crippen LogP contribution is -2.39. The quantitative estimate of drug-likeness (QED) is 0.661. The number of carbonyl (C=O) groups excluding carboxylic acids is 1. The number of alkyl halides is 2. The van der Waals surface area contributed by atoms with Gasteiger partial charge in [0.25, 0.3) is 0 Å². The molecule has 1 rings (SSSR count). The Morgan fingerprint density at radius 3 is 2.15 bits per heavy atom. The Morgan fingerprint density at radius 1 is 1.15 bits per heavy atom. The van der Waals surface area contributed by atoms with E-state index >= 15 is 0 Å². The monoisotopic (exact) mass is 315 g/mol. The molecule has 2 nitrogen and oxygen atoms in total. The van der Waals surface area contributed by atoms with Gasteiger partial charge in [0.15, 0.2) is 0 Å². The molecule has 0 aromatic heterocycles. The van der Waals surface area contributed by atoms with Crippen molar-refractivity contribution in [3.8, 4) is 0 Å². The second-order valence-electron chi connectivity index (χ2n) is 4.98. The van der Waals surface area contributed by atoms with Crippen LogP contribution in [0.5, 0.6) is 0 Å². The van der Waals surface area contributed by atoms with Gasteiger partial charge in [0.05, 0.1) is 5.92 Å². The average Bonchev–Trinajstić information content (AvgIpc) is 2.48. The van der Waals surface area contributed by atoms with Gasteiger partial charge in [-0.3, -0.25) is 4.79 Å². The summed E-state index contributed by atoms with van der Waals surface area (Å²) in [5.41, 5.74) is 1.07. The summed E-state index contributed by atoms with van der Waals surface area (Å²) in [6.45, 7) is 5.33. The third-order valence-corrected chi connectivity index (χ3v) is 4.00. The number of hydrogen-bond donors (Lipinski definition) is 0. The minimum absolute atomic E-state index is 0.118. The molecule has 0 spiro atoms. The maximum absolute atomic E-state index is 12.8. The normalized spacial score (nSPS) is 13.8. The van der Waals surface area contributed by atoms with Crippen LogP contribution in [0.2, 0.25) is 0 Å². The van der Waals surface area contributed by atoms with Crippen molar-refractivity contribution in [2.24, 2.45) is 5.92 Å². The molecule has 1 aromatic rings. The number of hydrogen-bond acceptors (Lipinski definition) is 1. The Balaban J connectivity index is 3.00. The third-order valence-electron chi connectivity index (χ3n) is 3.66. The van der Waals surface area contributed by atoms with E-state index in [2.05, 4.69) is 13.8 Å². The van der Waals surface area contributed by atoms with Gasteiger partial charge in [-0.1, -0.05) is 50.6 Å². The molecule has 2 unspecified atom stereocenters. The molecular weight excluding hydrogens is 293 g/mol.